The second-order valence-corrected chi connectivity index (χ2v) is 7.48. The highest BCUT2D eigenvalue weighted by Crippen LogP contribution is 2.30. The van der Waals surface area contributed by atoms with Crippen molar-refractivity contribution in [1.29, 1.82) is 0 Å². The van der Waals surface area contributed by atoms with Crippen LogP contribution in [0.15, 0.2) is 18.2 Å². The van der Waals surface area contributed by atoms with Crippen LogP contribution in [-0.4, -0.2) is 29.7 Å². The molecule has 0 aliphatic heterocycles. The molecule has 1 aromatic carbocycles. The lowest BCUT2D eigenvalue weighted by atomic mass is 10.1. The number of hydrogen-bond acceptors (Lipinski definition) is 5. The van der Waals surface area contributed by atoms with E-state index < -0.39 is 10.1 Å². The Kier molecular flexibility index (Phi) is 5.11. The predicted molar refractivity (Wildman–Crippen MR) is 85.1 cm³/mol. The van der Waals surface area contributed by atoms with Crippen LogP contribution in [0.3, 0.4) is 0 Å². The molecule has 0 aliphatic carbocycles. The average Bonchev–Trinajstić information content (AvgIpc) is 2.79. The van der Waals surface area contributed by atoms with E-state index in [9.17, 15) is 8.42 Å². The molecule has 1 heterocycles. The van der Waals surface area contributed by atoms with Gasteiger partial charge in [-0.25, -0.2) is 4.68 Å². The summed E-state index contributed by atoms with van der Waals surface area (Å²) in [7, 11) is -3.60. The van der Waals surface area contributed by atoms with Crippen LogP contribution in [0.4, 0.5) is 0 Å². The van der Waals surface area contributed by atoms with E-state index in [0.717, 1.165) is 6.26 Å². The van der Waals surface area contributed by atoms with Crippen LogP contribution in [0.2, 0.25) is 10.0 Å². The quantitative estimate of drug-likeness (QED) is 0.762. The van der Waals surface area contributed by atoms with Crippen LogP contribution < -0.4 is 0 Å². The molecule has 22 heavy (non-hydrogen) atoms. The number of para-hydroxylation sites is 1. The molecule has 2 rings (SSSR count). The van der Waals surface area contributed by atoms with Gasteiger partial charge in [-0.15, -0.1) is 5.10 Å². The molecule has 0 aliphatic rings. The molecule has 0 fully saturated rings. The third kappa shape index (κ3) is 3.78. The fourth-order valence-electron chi connectivity index (χ4n) is 1.93. The summed E-state index contributed by atoms with van der Waals surface area (Å²) >= 11 is 12.4. The summed E-state index contributed by atoms with van der Waals surface area (Å²) in [6, 6.07) is 5.04. The average molecular weight is 364 g/mol. The summed E-state index contributed by atoms with van der Waals surface area (Å²) in [6.45, 7) is 3.65. The number of halogens is 2. The lowest BCUT2D eigenvalue weighted by Gasteiger charge is -2.12. The van der Waals surface area contributed by atoms with Gasteiger partial charge in [0.25, 0.3) is 10.1 Å². The van der Waals surface area contributed by atoms with Gasteiger partial charge in [-0.2, -0.15) is 8.42 Å². The first kappa shape index (κ1) is 17.2. The van der Waals surface area contributed by atoms with Crippen molar-refractivity contribution in [2.24, 2.45) is 0 Å². The van der Waals surface area contributed by atoms with Crippen molar-refractivity contribution in [3.05, 3.63) is 39.6 Å². The van der Waals surface area contributed by atoms with Gasteiger partial charge in [0, 0.05) is 0 Å². The van der Waals surface area contributed by atoms with Crippen LogP contribution in [0.1, 0.15) is 31.2 Å². The lowest BCUT2D eigenvalue weighted by Crippen LogP contribution is -2.10. The van der Waals surface area contributed by atoms with Gasteiger partial charge in [0.15, 0.2) is 0 Å². The van der Waals surface area contributed by atoms with E-state index in [1.807, 2.05) is 13.8 Å². The van der Waals surface area contributed by atoms with E-state index in [2.05, 4.69) is 10.3 Å². The van der Waals surface area contributed by atoms with Crippen LogP contribution in [0, 0.1) is 0 Å². The van der Waals surface area contributed by atoms with E-state index in [4.69, 9.17) is 27.4 Å². The molecule has 0 atom stereocenters. The van der Waals surface area contributed by atoms with Gasteiger partial charge in [-0.05, 0) is 18.1 Å². The van der Waals surface area contributed by atoms with E-state index >= 15 is 0 Å². The van der Waals surface area contributed by atoms with Gasteiger partial charge in [-0.3, -0.25) is 4.18 Å². The fourth-order valence-corrected chi connectivity index (χ4v) is 2.81. The minimum atomic E-state index is -3.60. The molecule has 0 amide bonds. The summed E-state index contributed by atoms with van der Waals surface area (Å²) in [5.41, 5.74) is 1.56. The van der Waals surface area contributed by atoms with Crippen molar-refractivity contribution in [3.8, 4) is 5.69 Å². The maximum atomic E-state index is 11.3. The predicted octanol–water partition coefficient (Wildman–Crippen LogP) is 3.17. The normalized spacial score (nSPS) is 12.1. The SMILES string of the molecule is CC(C)c1nnn(-c2c(Cl)cccc2Cl)c1COS(C)(=O)=O. The summed E-state index contributed by atoms with van der Waals surface area (Å²) in [5.74, 6) is 0.0353. The van der Waals surface area contributed by atoms with Crippen molar-refractivity contribution in [2.75, 3.05) is 6.26 Å². The van der Waals surface area contributed by atoms with Crippen molar-refractivity contribution in [3.63, 3.8) is 0 Å². The Morgan fingerprint density at radius 3 is 2.36 bits per heavy atom. The first-order valence-corrected chi connectivity index (χ1v) is 9.01. The molecular formula is C13H15Cl2N3O3S. The van der Waals surface area contributed by atoms with Gasteiger partial charge in [0.2, 0.25) is 0 Å². The number of benzene rings is 1. The molecule has 0 N–H and O–H groups in total. The van der Waals surface area contributed by atoms with Gasteiger partial charge < -0.3 is 0 Å². The van der Waals surface area contributed by atoms with Gasteiger partial charge in [0.05, 0.1) is 27.7 Å². The third-order valence-electron chi connectivity index (χ3n) is 2.90. The molecule has 0 unspecified atom stereocenters. The van der Waals surface area contributed by atoms with E-state index in [1.165, 1.54) is 4.68 Å². The fraction of sp³-hybridized carbons (Fsp3) is 0.385. The number of aromatic nitrogens is 3. The summed E-state index contributed by atoms with van der Waals surface area (Å²) in [6.07, 6.45) is 0.985. The number of nitrogens with zero attached hydrogens (tertiary/aromatic N) is 3. The Morgan fingerprint density at radius 1 is 1.27 bits per heavy atom. The molecule has 120 valence electrons. The molecule has 1 aromatic heterocycles. The number of hydrogen-bond donors (Lipinski definition) is 0. The minimum absolute atomic E-state index is 0.0353. The molecule has 6 nitrogen and oxygen atoms in total. The van der Waals surface area contributed by atoms with Gasteiger partial charge in [0.1, 0.15) is 12.3 Å². The van der Waals surface area contributed by atoms with E-state index in [1.54, 1.807) is 18.2 Å². The Hall–Kier alpha value is -1.15. The zero-order valence-corrected chi connectivity index (χ0v) is 14.6. The summed E-state index contributed by atoms with van der Waals surface area (Å²) in [4.78, 5) is 0. The second kappa shape index (κ2) is 6.54. The summed E-state index contributed by atoms with van der Waals surface area (Å²) < 4.78 is 28.8. The van der Waals surface area contributed by atoms with Gasteiger partial charge in [-0.1, -0.05) is 48.3 Å². The van der Waals surface area contributed by atoms with Crippen LogP contribution >= 0.6 is 23.2 Å². The topological polar surface area (TPSA) is 74.1 Å². The smallest absolute Gasteiger partial charge is 0.264 e. The van der Waals surface area contributed by atoms with Crippen molar-refractivity contribution >= 4 is 33.3 Å². The zero-order valence-electron chi connectivity index (χ0n) is 12.2. The maximum Gasteiger partial charge on any atom is 0.264 e. The van der Waals surface area contributed by atoms with Gasteiger partial charge >= 0.3 is 0 Å². The molecule has 0 saturated carbocycles. The van der Waals surface area contributed by atoms with Crippen molar-refractivity contribution in [1.82, 2.24) is 15.0 Å². The Labute approximate surface area is 139 Å². The molecule has 0 spiro atoms. The number of rotatable bonds is 5. The van der Waals surface area contributed by atoms with Crippen LogP contribution in [0.5, 0.6) is 0 Å². The minimum Gasteiger partial charge on any atom is -0.264 e. The first-order chi connectivity index (χ1) is 10.2. The molecule has 0 radical (unpaired) electrons. The van der Waals surface area contributed by atoms with Crippen molar-refractivity contribution in [2.45, 2.75) is 26.4 Å². The standard InChI is InChI=1S/C13H15Cl2N3O3S/c1-8(2)12-11(7-21-22(3,19)20)18(17-16-12)13-9(14)5-4-6-10(13)15/h4-6,8H,7H2,1-3H3. The highest BCUT2D eigenvalue weighted by Gasteiger charge is 2.21. The summed E-state index contributed by atoms with van der Waals surface area (Å²) in [5, 5.41) is 8.91. The second-order valence-electron chi connectivity index (χ2n) is 5.02. The molecule has 0 bridgehead atoms. The molecule has 2 aromatic rings. The Morgan fingerprint density at radius 2 is 1.86 bits per heavy atom. The monoisotopic (exact) mass is 363 g/mol. The molecular weight excluding hydrogens is 349 g/mol. The van der Waals surface area contributed by atoms with Crippen LogP contribution in [0.25, 0.3) is 5.69 Å². The largest absolute Gasteiger partial charge is 0.264 e. The Balaban J connectivity index is 2.57. The highest BCUT2D eigenvalue weighted by molar-refractivity contribution is 7.85. The van der Waals surface area contributed by atoms with E-state index in [0.29, 0.717) is 27.1 Å². The third-order valence-corrected chi connectivity index (χ3v) is 4.06. The van der Waals surface area contributed by atoms with E-state index in [-0.39, 0.29) is 12.5 Å². The zero-order chi connectivity index (χ0) is 16.5. The Bertz CT molecular complexity index is 768. The van der Waals surface area contributed by atoms with Crippen LogP contribution in [-0.2, 0) is 20.9 Å². The van der Waals surface area contributed by atoms with Crippen molar-refractivity contribution < 1.29 is 12.6 Å². The molecule has 9 heteroatoms. The lowest BCUT2D eigenvalue weighted by molar-refractivity contribution is 0.302. The first-order valence-electron chi connectivity index (χ1n) is 6.44. The maximum absolute atomic E-state index is 11.3. The highest BCUT2D eigenvalue weighted by atomic mass is 35.5. The molecule has 0 saturated heterocycles.